The van der Waals surface area contributed by atoms with Crippen LogP contribution in [-0.2, 0) is 11.3 Å². The molecule has 1 aliphatic rings. The molecule has 1 atom stereocenters. The van der Waals surface area contributed by atoms with Gasteiger partial charge >= 0.3 is 0 Å². The number of carbonyl (C=O) groups excluding carboxylic acids is 3. The zero-order chi connectivity index (χ0) is 23.7. The number of likely N-dealkylation sites (tertiary alicyclic amines) is 1. The largest absolute Gasteiger partial charge is 0.341 e. The molecule has 0 radical (unpaired) electrons. The third kappa shape index (κ3) is 4.73. The number of Topliss-reactive ketones (excluding diaryl/α,β-unsaturated/α-hetero) is 1. The molecule has 1 unspecified atom stereocenters. The number of rotatable bonds is 5. The predicted octanol–water partition coefficient (Wildman–Crippen LogP) is 3.48. The maximum absolute atomic E-state index is 13.1. The lowest BCUT2D eigenvalue weighted by Gasteiger charge is -2.31. The van der Waals surface area contributed by atoms with Gasteiger partial charge in [-0.2, -0.15) is 0 Å². The fourth-order valence-corrected chi connectivity index (χ4v) is 5.16. The summed E-state index contributed by atoms with van der Waals surface area (Å²) in [7, 11) is 0. The van der Waals surface area contributed by atoms with Crippen molar-refractivity contribution < 1.29 is 14.4 Å². The van der Waals surface area contributed by atoms with Crippen LogP contribution in [0.25, 0.3) is 10.2 Å². The molecule has 3 heterocycles. The number of ketones is 1. The van der Waals surface area contributed by atoms with Crippen molar-refractivity contribution in [3.8, 4) is 0 Å². The summed E-state index contributed by atoms with van der Waals surface area (Å²) in [6, 6.07) is 6.62. The monoisotopic (exact) mass is 466 g/mol. The molecule has 0 saturated carbocycles. The van der Waals surface area contributed by atoms with Crippen LogP contribution in [0.1, 0.15) is 52.3 Å². The summed E-state index contributed by atoms with van der Waals surface area (Å²) in [5, 5.41) is 3.16. The molecular weight excluding hydrogens is 440 g/mol. The second-order valence-corrected chi connectivity index (χ2v) is 9.59. The van der Waals surface area contributed by atoms with Gasteiger partial charge in [0.2, 0.25) is 5.91 Å². The van der Waals surface area contributed by atoms with Crippen LogP contribution < -0.4 is 10.9 Å². The van der Waals surface area contributed by atoms with E-state index in [2.05, 4.69) is 17.2 Å². The Kier molecular flexibility index (Phi) is 6.42. The molecule has 33 heavy (non-hydrogen) atoms. The average Bonchev–Trinajstić information content (AvgIpc) is 3.13. The second-order valence-electron chi connectivity index (χ2n) is 8.59. The SMILES string of the molecule is CC(=O)c1ccc(NC(=O)c2sc3ncn(CC(=O)N4CCCC(C)C4)c(=O)c3c2C)cc1. The Bertz CT molecular complexity index is 1290. The minimum Gasteiger partial charge on any atom is -0.341 e. The highest BCUT2D eigenvalue weighted by molar-refractivity contribution is 7.20. The number of thiophene rings is 1. The van der Waals surface area contributed by atoms with Gasteiger partial charge in [-0.05, 0) is 62.4 Å². The molecule has 2 aromatic heterocycles. The van der Waals surface area contributed by atoms with Gasteiger partial charge < -0.3 is 10.2 Å². The molecule has 4 rings (SSSR count). The Balaban J connectivity index is 1.56. The second kappa shape index (κ2) is 9.27. The lowest BCUT2D eigenvalue weighted by Crippen LogP contribution is -2.42. The number of piperidine rings is 1. The van der Waals surface area contributed by atoms with E-state index in [0.717, 1.165) is 24.2 Å². The first kappa shape index (κ1) is 22.8. The first-order valence-corrected chi connectivity index (χ1v) is 11.7. The Morgan fingerprint density at radius 1 is 1.21 bits per heavy atom. The van der Waals surface area contributed by atoms with Crippen LogP contribution in [0, 0.1) is 12.8 Å². The van der Waals surface area contributed by atoms with Gasteiger partial charge in [-0.25, -0.2) is 4.98 Å². The highest BCUT2D eigenvalue weighted by Crippen LogP contribution is 2.28. The van der Waals surface area contributed by atoms with Gasteiger partial charge in [0.25, 0.3) is 11.5 Å². The molecule has 0 bridgehead atoms. The zero-order valence-corrected chi connectivity index (χ0v) is 19.7. The number of fused-ring (bicyclic) bond motifs is 1. The summed E-state index contributed by atoms with van der Waals surface area (Å²) < 4.78 is 1.33. The summed E-state index contributed by atoms with van der Waals surface area (Å²) in [5.74, 6) is -0.0391. The molecule has 1 aliphatic heterocycles. The molecule has 3 aromatic rings. The molecule has 0 spiro atoms. The van der Waals surface area contributed by atoms with Crippen molar-refractivity contribution in [1.29, 1.82) is 0 Å². The van der Waals surface area contributed by atoms with Gasteiger partial charge in [-0.1, -0.05) is 6.92 Å². The molecule has 1 aromatic carbocycles. The number of aryl methyl sites for hydroxylation is 1. The van der Waals surface area contributed by atoms with Gasteiger partial charge in [0.15, 0.2) is 5.78 Å². The van der Waals surface area contributed by atoms with E-state index in [4.69, 9.17) is 0 Å². The molecule has 0 aliphatic carbocycles. The summed E-state index contributed by atoms with van der Waals surface area (Å²) in [6.45, 7) is 6.68. The van der Waals surface area contributed by atoms with Crippen molar-refractivity contribution in [3.05, 3.63) is 57.0 Å². The van der Waals surface area contributed by atoms with Gasteiger partial charge in [0.05, 0.1) is 16.6 Å². The molecule has 1 N–H and O–H groups in total. The molecule has 1 fully saturated rings. The molecular formula is C24H26N4O4S. The molecule has 9 heteroatoms. The third-order valence-electron chi connectivity index (χ3n) is 5.99. The van der Waals surface area contributed by atoms with Crippen LogP contribution >= 0.6 is 11.3 Å². The Morgan fingerprint density at radius 2 is 1.94 bits per heavy atom. The highest BCUT2D eigenvalue weighted by atomic mass is 32.1. The third-order valence-corrected chi connectivity index (χ3v) is 7.19. The van der Waals surface area contributed by atoms with Crippen molar-refractivity contribution in [2.24, 2.45) is 5.92 Å². The minimum atomic E-state index is -0.351. The van der Waals surface area contributed by atoms with Crippen molar-refractivity contribution >= 4 is 44.8 Å². The molecule has 2 amide bonds. The van der Waals surface area contributed by atoms with E-state index in [1.165, 1.54) is 17.8 Å². The van der Waals surface area contributed by atoms with Gasteiger partial charge in [-0.15, -0.1) is 11.3 Å². The van der Waals surface area contributed by atoms with E-state index >= 15 is 0 Å². The number of hydrogen-bond donors (Lipinski definition) is 1. The van der Waals surface area contributed by atoms with Crippen molar-refractivity contribution in [1.82, 2.24) is 14.5 Å². The van der Waals surface area contributed by atoms with E-state index in [1.54, 1.807) is 31.2 Å². The smallest absolute Gasteiger partial charge is 0.266 e. The number of nitrogens with zero attached hydrogens (tertiary/aromatic N) is 3. The first-order chi connectivity index (χ1) is 15.7. The topological polar surface area (TPSA) is 101 Å². The quantitative estimate of drug-likeness (QED) is 0.580. The van der Waals surface area contributed by atoms with Crippen molar-refractivity contribution in [2.75, 3.05) is 18.4 Å². The van der Waals surface area contributed by atoms with Crippen LogP contribution in [0.2, 0.25) is 0 Å². The Morgan fingerprint density at radius 3 is 2.61 bits per heavy atom. The highest BCUT2D eigenvalue weighted by Gasteiger charge is 2.23. The Hall–Kier alpha value is -3.33. The Labute approximate surface area is 195 Å². The number of nitrogens with one attached hydrogen (secondary N) is 1. The standard InChI is InChI=1S/C24H26N4O4S/c1-14-5-4-10-27(11-14)19(30)12-28-13-25-23-20(24(28)32)15(2)21(33-23)22(31)26-18-8-6-17(7-9-18)16(3)29/h6-9,13-14H,4-5,10-12H2,1-3H3,(H,26,31). The first-order valence-electron chi connectivity index (χ1n) is 10.9. The molecule has 8 nitrogen and oxygen atoms in total. The normalized spacial score (nSPS) is 16.1. The van der Waals surface area contributed by atoms with E-state index < -0.39 is 0 Å². The molecule has 1 saturated heterocycles. The average molecular weight is 467 g/mol. The van der Waals surface area contributed by atoms with Crippen LogP contribution in [0.3, 0.4) is 0 Å². The number of benzene rings is 1. The zero-order valence-electron chi connectivity index (χ0n) is 18.9. The number of hydrogen-bond acceptors (Lipinski definition) is 6. The lowest BCUT2D eigenvalue weighted by molar-refractivity contribution is -0.133. The fourth-order valence-electron chi connectivity index (χ4n) is 4.13. The summed E-state index contributed by atoms with van der Waals surface area (Å²) in [5.41, 5.74) is 1.33. The van der Waals surface area contributed by atoms with E-state index in [9.17, 15) is 19.2 Å². The van der Waals surface area contributed by atoms with Crippen molar-refractivity contribution in [3.63, 3.8) is 0 Å². The predicted molar refractivity (Wildman–Crippen MR) is 128 cm³/mol. The summed E-state index contributed by atoms with van der Waals surface area (Å²) >= 11 is 1.14. The maximum Gasteiger partial charge on any atom is 0.266 e. The lowest BCUT2D eigenvalue weighted by atomic mass is 10.0. The minimum absolute atomic E-state index is 0.0520. The number of aromatic nitrogens is 2. The van der Waals surface area contributed by atoms with Crippen LogP contribution in [0.15, 0.2) is 35.4 Å². The van der Waals surface area contributed by atoms with Gasteiger partial charge in [0, 0.05) is 24.3 Å². The number of amides is 2. The summed E-state index contributed by atoms with van der Waals surface area (Å²) in [4.78, 5) is 57.2. The van der Waals surface area contributed by atoms with Crippen LogP contribution in [0.5, 0.6) is 0 Å². The maximum atomic E-state index is 13.1. The number of anilines is 1. The fraction of sp³-hybridized carbons (Fsp3) is 0.375. The summed E-state index contributed by atoms with van der Waals surface area (Å²) in [6.07, 6.45) is 3.46. The van der Waals surface area contributed by atoms with Crippen LogP contribution in [-0.4, -0.2) is 45.1 Å². The van der Waals surface area contributed by atoms with Gasteiger partial charge in [-0.3, -0.25) is 23.7 Å². The number of carbonyl (C=O) groups is 3. The van der Waals surface area contributed by atoms with Gasteiger partial charge in [0.1, 0.15) is 11.4 Å². The van der Waals surface area contributed by atoms with E-state index in [-0.39, 0.29) is 29.7 Å². The van der Waals surface area contributed by atoms with Crippen molar-refractivity contribution in [2.45, 2.75) is 40.2 Å². The molecule has 172 valence electrons. The van der Waals surface area contributed by atoms with E-state index in [0.29, 0.717) is 50.9 Å². The van der Waals surface area contributed by atoms with E-state index in [1.807, 2.05) is 4.90 Å². The van der Waals surface area contributed by atoms with Crippen LogP contribution in [0.4, 0.5) is 5.69 Å².